The van der Waals surface area contributed by atoms with Gasteiger partial charge in [-0.1, -0.05) is 6.92 Å². The van der Waals surface area contributed by atoms with Crippen LogP contribution in [0.25, 0.3) is 0 Å². The molecule has 0 bridgehead atoms. The fraction of sp³-hybridized carbons (Fsp3) is 1.00. The van der Waals surface area contributed by atoms with Gasteiger partial charge in [-0.05, 0) is 64.6 Å². The van der Waals surface area contributed by atoms with Gasteiger partial charge in [0, 0.05) is 11.6 Å². The van der Waals surface area contributed by atoms with Gasteiger partial charge >= 0.3 is 0 Å². The van der Waals surface area contributed by atoms with Gasteiger partial charge in [-0.2, -0.15) is 0 Å². The summed E-state index contributed by atoms with van der Waals surface area (Å²) in [6, 6.07) is 0.689. The Labute approximate surface area is 106 Å². The molecule has 2 N–H and O–H groups in total. The van der Waals surface area contributed by atoms with Crippen molar-refractivity contribution < 1.29 is 5.11 Å². The molecular formula is C14H28N2O. The van der Waals surface area contributed by atoms with Crippen molar-refractivity contribution in [1.82, 2.24) is 10.2 Å². The van der Waals surface area contributed by atoms with E-state index in [1.165, 1.54) is 51.7 Å². The predicted molar refractivity (Wildman–Crippen MR) is 71.2 cm³/mol. The third-order valence-electron chi connectivity index (χ3n) is 4.40. The molecule has 2 fully saturated rings. The Hall–Kier alpha value is -0.120. The molecule has 3 heteroatoms. The van der Waals surface area contributed by atoms with E-state index in [2.05, 4.69) is 17.1 Å². The first kappa shape index (κ1) is 13.3. The van der Waals surface area contributed by atoms with Crippen LogP contribution in [0.3, 0.4) is 0 Å². The topological polar surface area (TPSA) is 35.5 Å². The van der Waals surface area contributed by atoms with Gasteiger partial charge in [0.1, 0.15) is 0 Å². The van der Waals surface area contributed by atoms with Crippen molar-refractivity contribution in [3.63, 3.8) is 0 Å². The summed E-state index contributed by atoms with van der Waals surface area (Å²) in [5.74, 6) is 0. The number of hydrogen-bond donors (Lipinski definition) is 2. The fourth-order valence-electron chi connectivity index (χ4n) is 2.90. The van der Waals surface area contributed by atoms with E-state index >= 15 is 0 Å². The average Bonchev–Trinajstić information content (AvgIpc) is 3.01. The van der Waals surface area contributed by atoms with Crippen LogP contribution in [0.2, 0.25) is 0 Å². The van der Waals surface area contributed by atoms with Crippen LogP contribution < -0.4 is 5.32 Å². The van der Waals surface area contributed by atoms with Crippen LogP contribution >= 0.6 is 0 Å². The molecule has 3 nitrogen and oxygen atoms in total. The van der Waals surface area contributed by atoms with E-state index in [0.29, 0.717) is 12.6 Å². The molecular weight excluding hydrogens is 212 g/mol. The van der Waals surface area contributed by atoms with Crippen molar-refractivity contribution >= 4 is 0 Å². The summed E-state index contributed by atoms with van der Waals surface area (Å²) in [5.41, 5.74) is 0.000884. The lowest BCUT2D eigenvalue weighted by Crippen LogP contribution is -2.49. The number of hydrogen-bond acceptors (Lipinski definition) is 3. The Bertz CT molecular complexity index is 218. The number of rotatable bonds is 8. The van der Waals surface area contributed by atoms with Crippen LogP contribution in [-0.4, -0.2) is 47.8 Å². The number of aliphatic hydroxyl groups excluding tert-OH is 1. The van der Waals surface area contributed by atoms with E-state index in [1.54, 1.807) is 0 Å². The largest absolute Gasteiger partial charge is 0.394 e. The molecule has 1 heterocycles. The van der Waals surface area contributed by atoms with Gasteiger partial charge in [0.15, 0.2) is 0 Å². The van der Waals surface area contributed by atoms with Gasteiger partial charge in [-0.25, -0.2) is 0 Å². The minimum Gasteiger partial charge on any atom is -0.394 e. The van der Waals surface area contributed by atoms with E-state index < -0.39 is 0 Å². The number of nitrogens with one attached hydrogen (secondary N) is 1. The Morgan fingerprint density at radius 3 is 2.53 bits per heavy atom. The summed E-state index contributed by atoms with van der Waals surface area (Å²) in [6.45, 7) is 6.28. The lowest BCUT2D eigenvalue weighted by Gasteiger charge is -2.33. The zero-order valence-electron chi connectivity index (χ0n) is 11.2. The average molecular weight is 240 g/mol. The third kappa shape index (κ3) is 3.94. The van der Waals surface area contributed by atoms with E-state index in [1.807, 2.05) is 0 Å². The predicted octanol–water partition coefficient (Wildman–Crippen LogP) is 1.76. The zero-order valence-corrected chi connectivity index (χ0v) is 11.2. The van der Waals surface area contributed by atoms with Gasteiger partial charge in [-0.15, -0.1) is 0 Å². The van der Waals surface area contributed by atoms with Crippen molar-refractivity contribution in [2.75, 3.05) is 26.2 Å². The van der Waals surface area contributed by atoms with Crippen LogP contribution in [0.1, 0.15) is 51.9 Å². The molecule has 1 aliphatic carbocycles. The van der Waals surface area contributed by atoms with Crippen LogP contribution in [-0.2, 0) is 0 Å². The molecule has 1 saturated carbocycles. The summed E-state index contributed by atoms with van der Waals surface area (Å²) < 4.78 is 0. The number of likely N-dealkylation sites (tertiary alicyclic amines) is 1. The first-order valence-corrected chi connectivity index (χ1v) is 7.39. The molecule has 0 amide bonds. The zero-order chi connectivity index (χ0) is 12.1. The van der Waals surface area contributed by atoms with Crippen LogP contribution in [0, 0.1) is 0 Å². The number of nitrogens with zero attached hydrogens (tertiary/aromatic N) is 1. The van der Waals surface area contributed by atoms with E-state index in [0.717, 1.165) is 12.8 Å². The molecule has 0 aromatic rings. The van der Waals surface area contributed by atoms with E-state index in [4.69, 9.17) is 0 Å². The SMILES string of the molecule is CCC(CO)(CCCN1CCCC1)NC1CC1. The summed E-state index contributed by atoms with van der Waals surface area (Å²) >= 11 is 0. The normalized spacial score (nSPS) is 25.1. The molecule has 1 aliphatic heterocycles. The maximum atomic E-state index is 9.67. The second-order valence-electron chi connectivity index (χ2n) is 5.86. The van der Waals surface area contributed by atoms with Gasteiger partial charge in [0.05, 0.1) is 6.61 Å². The standard InChI is InChI=1S/C14H28N2O/c1-2-14(12-17,15-13-6-7-13)8-5-11-16-9-3-4-10-16/h13,15,17H,2-12H2,1H3. The maximum absolute atomic E-state index is 9.67. The smallest absolute Gasteiger partial charge is 0.0613 e. The second kappa shape index (κ2) is 6.17. The molecule has 1 saturated heterocycles. The molecule has 1 unspecified atom stereocenters. The molecule has 1 atom stereocenters. The minimum atomic E-state index is 0.000884. The lowest BCUT2D eigenvalue weighted by atomic mass is 9.91. The second-order valence-corrected chi connectivity index (χ2v) is 5.86. The monoisotopic (exact) mass is 240 g/mol. The van der Waals surface area contributed by atoms with E-state index in [-0.39, 0.29) is 5.54 Å². The molecule has 2 aliphatic rings. The van der Waals surface area contributed by atoms with Crippen LogP contribution in [0.5, 0.6) is 0 Å². The minimum absolute atomic E-state index is 0.000884. The Morgan fingerprint density at radius 1 is 1.29 bits per heavy atom. The Kier molecular flexibility index (Phi) is 4.83. The Morgan fingerprint density at radius 2 is 2.00 bits per heavy atom. The van der Waals surface area contributed by atoms with Crippen molar-refractivity contribution in [1.29, 1.82) is 0 Å². The summed E-state index contributed by atoms with van der Waals surface area (Å²) in [7, 11) is 0. The molecule has 0 radical (unpaired) electrons. The highest BCUT2D eigenvalue weighted by molar-refractivity contribution is 4.94. The summed E-state index contributed by atoms with van der Waals surface area (Å²) in [4.78, 5) is 2.56. The molecule has 2 rings (SSSR count). The molecule has 0 aromatic carbocycles. The maximum Gasteiger partial charge on any atom is 0.0613 e. The first-order valence-electron chi connectivity index (χ1n) is 7.39. The van der Waals surface area contributed by atoms with Crippen molar-refractivity contribution in [3.05, 3.63) is 0 Å². The molecule has 100 valence electrons. The van der Waals surface area contributed by atoms with Gasteiger partial charge in [0.25, 0.3) is 0 Å². The quantitative estimate of drug-likeness (QED) is 0.678. The molecule has 0 spiro atoms. The number of aliphatic hydroxyl groups is 1. The highest BCUT2D eigenvalue weighted by Gasteiger charge is 2.34. The third-order valence-corrected chi connectivity index (χ3v) is 4.40. The fourth-order valence-corrected chi connectivity index (χ4v) is 2.90. The van der Waals surface area contributed by atoms with E-state index in [9.17, 15) is 5.11 Å². The first-order chi connectivity index (χ1) is 8.28. The van der Waals surface area contributed by atoms with Crippen LogP contribution in [0.4, 0.5) is 0 Å². The Balaban J connectivity index is 1.71. The van der Waals surface area contributed by atoms with Gasteiger partial charge < -0.3 is 15.3 Å². The summed E-state index contributed by atoms with van der Waals surface area (Å²) in [5, 5.41) is 13.3. The summed E-state index contributed by atoms with van der Waals surface area (Å²) in [6.07, 6.45) is 8.72. The highest BCUT2D eigenvalue weighted by atomic mass is 16.3. The lowest BCUT2D eigenvalue weighted by molar-refractivity contribution is 0.138. The van der Waals surface area contributed by atoms with Crippen molar-refractivity contribution in [2.45, 2.75) is 63.5 Å². The van der Waals surface area contributed by atoms with Gasteiger partial charge in [0.2, 0.25) is 0 Å². The molecule has 17 heavy (non-hydrogen) atoms. The highest BCUT2D eigenvalue weighted by Crippen LogP contribution is 2.27. The van der Waals surface area contributed by atoms with Crippen LogP contribution in [0.15, 0.2) is 0 Å². The molecule has 0 aromatic heterocycles. The van der Waals surface area contributed by atoms with Crippen molar-refractivity contribution in [2.24, 2.45) is 0 Å². The van der Waals surface area contributed by atoms with Gasteiger partial charge in [-0.3, -0.25) is 0 Å². The van der Waals surface area contributed by atoms with Crippen molar-refractivity contribution in [3.8, 4) is 0 Å².